The molecule has 1 aliphatic heterocycles. The molecule has 0 amide bonds. The number of hydrogen-bond donors (Lipinski definition) is 2. The molecule has 0 bridgehead atoms. The fourth-order valence-corrected chi connectivity index (χ4v) is 4.72. The molecular formula is C19H19F5N8. The first-order valence-electron chi connectivity index (χ1n) is 10.2. The van der Waals surface area contributed by atoms with Crippen molar-refractivity contribution in [2.45, 2.75) is 37.5 Å². The molecule has 5 rings (SSSR count). The number of nitrogens with one attached hydrogen (secondary N) is 2. The van der Waals surface area contributed by atoms with Gasteiger partial charge in [0, 0.05) is 6.20 Å². The van der Waals surface area contributed by atoms with Crippen LogP contribution in [0.2, 0.25) is 0 Å². The second kappa shape index (κ2) is 7.87. The number of halogens is 5. The van der Waals surface area contributed by atoms with Crippen molar-refractivity contribution in [3.05, 3.63) is 36.2 Å². The fourth-order valence-electron chi connectivity index (χ4n) is 4.72. The molecule has 1 saturated carbocycles. The van der Waals surface area contributed by atoms with Crippen LogP contribution in [-0.2, 0) is 6.18 Å². The number of fused-ring (bicyclic) bond motifs is 2. The first-order valence-corrected chi connectivity index (χ1v) is 10.2. The predicted octanol–water partition coefficient (Wildman–Crippen LogP) is 3.22. The normalized spacial score (nSPS) is 25.6. The van der Waals surface area contributed by atoms with E-state index in [9.17, 15) is 22.0 Å². The van der Waals surface area contributed by atoms with Crippen molar-refractivity contribution in [3.8, 4) is 0 Å². The van der Waals surface area contributed by atoms with E-state index in [1.165, 1.54) is 6.20 Å². The van der Waals surface area contributed by atoms with E-state index < -0.39 is 24.8 Å². The quantitative estimate of drug-likeness (QED) is 0.572. The predicted molar refractivity (Wildman–Crippen MR) is 103 cm³/mol. The number of aromatic nitrogens is 6. The minimum atomic E-state index is -4.53. The molecule has 4 atom stereocenters. The largest absolute Gasteiger partial charge is 0.433 e. The molecule has 13 heteroatoms. The third-order valence-corrected chi connectivity index (χ3v) is 6.08. The highest BCUT2D eigenvalue weighted by Crippen LogP contribution is 2.48. The van der Waals surface area contributed by atoms with Gasteiger partial charge in [-0.25, -0.2) is 33.4 Å². The second-order valence-electron chi connectivity index (χ2n) is 8.06. The van der Waals surface area contributed by atoms with Gasteiger partial charge in [-0.15, -0.1) is 0 Å². The molecule has 0 spiro atoms. The Bertz CT molecular complexity index is 1120. The van der Waals surface area contributed by atoms with Crippen molar-refractivity contribution >= 4 is 17.0 Å². The van der Waals surface area contributed by atoms with Crippen LogP contribution in [0.5, 0.6) is 0 Å². The lowest BCUT2D eigenvalue weighted by atomic mass is 9.93. The zero-order valence-electron chi connectivity index (χ0n) is 16.6. The van der Waals surface area contributed by atoms with Crippen LogP contribution < -0.4 is 10.6 Å². The van der Waals surface area contributed by atoms with Crippen LogP contribution in [0.15, 0.2) is 24.7 Å². The molecule has 4 heterocycles. The van der Waals surface area contributed by atoms with Crippen molar-refractivity contribution in [1.29, 1.82) is 0 Å². The molecular weight excluding hydrogens is 435 g/mol. The lowest BCUT2D eigenvalue weighted by Gasteiger charge is -2.19. The first kappa shape index (κ1) is 20.9. The zero-order chi connectivity index (χ0) is 22.5. The lowest BCUT2D eigenvalue weighted by molar-refractivity contribution is -0.141. The summed E-state index contributed by atoms with van der Waals surface area (Å²) in [6.45, 7) is 0.101. The van der Waals surface area contributed by atoms with E-state index >= 15 is 0 Å². The van der Waals surface area contributed by atoms with Gasteiger partial charge in [0.2, 0.25) is 0 Å². The molecule has 32 heavy (non-hydrogen) atoms. The van der Waals surface area contributed by atoms with Gasteiger partial charge in [-0.1, -0.05) is 0 Å². The van der Waals surface area contributed by atoms with Crippen molar-refractivity contribution in [2.75, 3.05) is 18.4 Å². The molecule has 1 saturated heterocycles. The molecule has 0 unspecified atom stereocenters. The minimum Gasteiger partial charge on any atom is -0.363 e. The molecule has 3 aromatic heterocycles. The summed E-state index contributed by atoms with van der Waals surface area (Å²) in [5, 5.41) is 10.2. The maximum absolute atomic E-state index is 13.1. The Labute approximate surface area is 178 Å². The fraction of sp³-hybridized carbons (Fsp3) is 0.526. The molecule has 2 N–H and O–H groups in total. The Morgan fingerprint density at radius 1 is 1.16 bits per heavy atom. The van der Waals surface area contributed by atoms with Crippen LogP contribution in [0.25, 0.3) is 11.2 Å². The van der Waals surface area contributed by atoms with Gasteiger partial charge in [0.15, 0.2) is 5.65 Å². The summed E-state index contributed by atoms with van der Waals surface area (Å²) in [7, 11) is 0. The van der Waals surface area contributed by atoms with E-state index in [4.69, 9.17) is 0 Å². The third-order valence-electron chi connectivity index (χ3n) is 6.08. The van der Waals surface area contributed by atoms with Gasteiger partial charge in [-0.05, 0) is 37.3 Å². The van der Waals surface area contributed by atoms with Gasteiger partial charge in [-0.2, -0.15) is 18.3 Å². The number of rotatable bonds is 5. The van der Waals surface area contributed by atoms with E-state index in [1.807, 2.05) is 0 Å². The van der Waals surface area contributed by atoms with E-state index in [0.29, 0.717) is 24.1 Å². The van der Waals surface area contributed by atoms with Crippen LogP contribution in [-0.4, -0.2) is 49.2 Å². The zero-order valence-corrected chi connectivity index (χ0v) is 16.6. The van der Waals surface area contributed by atoms with Gasteiger partial charge in [-0.3, -0.25) is 0 Å². The Hall–Kier alpha value is -2.96. The molecule has 2 fully saturated rings. The Kier molecular flexibility index (Phi) is 5.14. The second-order valence-corrected chi connectivity index (χ2v) is 8.06. The van der Waals surface area contributed by atoms with E-state index in [1.54, 1.807) is 10.9 Å². The Balaban J connectivity index is 1.37. The summed E-state index contributed by atoms with van der Waals surface area (Å²) >= 11 is 0. The SMILES string of the molecule is FC(F)CNc1cnc2cnn([C@H]3C[C@@H]4CN[C@H](c5nccc(C(F)(F)F)n5)[C@H]4C3)c2n1. The van der Waals surface area contributed by atoms with Crippen molar-refractivity contribution < 1.29 is 22.0 Å². The molecule has 0 aromatic carbocycles. The average molecular weight is 454 g/mol. The number of alkyl halides is 5. The number of hydrogen-bond acceptors (Lipinski definition) is 7. The summed E-state index contributed by atoms with van der Waals surface area (Å²) in [5.41, 5.74) is 0.0640. The molecule has 8 nitrogen and oxygen atoms in total. The maximum atomic E-state index is 13.1. The molecule has 1 aliphatic carbocycles. The number of nitrogens with zero attached hydrogens (tertiary/aromatic N) is 6. The molecule has 0 radical (unpaired) electrons. The minimum absolute atomic E-state index is 0.0378. The van der Waals surface area contributed by atoms with Gasteiger partial charge in [0.1, 0.15) is 22.9 Å². The van der Waals surface area contributed by atoms with E-state index in [2.05, 4.69) is 35.7 Å². The van der Waals surface area contributed by atoms with Crippen LogP contribution >= 0.6 is 0 Å². The van der Waals surface area contributed by atoms with Crippen molar-refractivity contribution in [3.63, 3.8) is 0 Å². The molecule has 2 aliphatic rings. The average Bonchev–Trinajstić information content (AvgIpc) is 3.45. The summed E-state index contributed by atoms with van der Waals surface area (Å²) in [4.78, 5) is 16.5. The summed E-state index contributed by atoms with van der Waals surface area (Å²) < 4.78 is 65.9. The first-order chi connectivity index (χ1) is 15.3. The van der Waals surface area contributed by atoms with E-state index in [0.717, 1.165) is 18.7 Å². The summed E-state index contributed by atoms with van der Waals surface area (Å²) in [6.07, 6.45) is -1.57. The smallest absolute Gasteiger partial charge is 0.363 e. The highest BCUT2D eigenvalue weighted by atomic mass is 19.4. The van der Waals surface area contributed by atoms with Gasteiger partial charge >= 0.3 is 6.18 Å². The van der Waals surface area contributed by atoms with Crippen molar-refractivity contribution in [1.82, 2.24) is 35.0 Å². The maximum Gasteiger partial charge on any atom is 0.433 e. The lowest BCUT2D eigenvalue weighted by Crippen LogP contribution is -2.23. The highest BCUT2D eigenvalue weighted by molar-refractivity contribution is 5.71. The van der Waals surface area contributed by atoms with Gasteiger partial charge in [0.05, 0.1) is 31.0 Å². The van der Waals surface area contributed by atoms with Crippen LogP contribution in [0.1, 0.15) is 36.4 Å². The Morgan fingerprint density at radius 3 is 2.78 bits per heavy atom. The van der Waals surface area contributed by atoms with Crippen LogP contribution in [0, 0.1) is 11.8 Å². The van der Waals surface area contributed by atoms with Crippen molar-refractivity contribution in [2.24, 2.45) is 11.8 Å². The van der Waals surface area contributed by atoms with Crippen LogP contribution in [0.3, 0.4) is 0 Å². The standard InChI is InChI=1S/C19H19F5N8/c20-14(21)7-27-15-8-26-12-6-29-32(18(12)31-15)10-3-9-5-28-16(11(9)4-10)17-25-2-1-13(30-17)19(22,23)24/h1-2,6,8-11,14,16,28H,3-5,7H2,(H,27,31)/t9-,10+,11+,16+/m1/s1. The monoisotopic (exact) mass is 454 g/mol. The highest BCUT2D eigenvalue weighted by Gasteiger charge is 2.46. The Morgan fingerprint density at radius 2 is 2.00 bits per heavy atom. The number of anilines is 1. The molecule has 3 aromatic rings. The summed E-state index contributed by atoms with van der Waals surface area (Å²) in [5.74, 6) is 0.623. The third kappa shape index (κ3) is 3.85. The van der Waals surface area contributed by atoms with Gasteiger partial charge in [0.25, 0.3) is 6.43 Å². The van der Waals surface area contributed by atoms with Gasteiger partial charge < -0.3 is 10.6 Å². The topological polar surface area (TPSA) is 93.4 Å². The van der Waals surface area contributed by atoms with E-state index in [-0.39, 0.29) is 35.6 Å². The molecule has 170 valence electrons. The summed E-state index contributed by atoms with van der Waals surface area (Å²) in [6, 6.07) is 0.433. The van der Waals surface area contributed by atoms with Crippen LogP contribution in [0.4, 0.5) is 27.8 Å².